The quantitative estimate of drug-likeness (QED) is 0.608. The van der Waals surface area contributed by atoms with Crippen LogP contribution < -0.4 is 5.32 Å². The lowest BCUT2D eigenvalue weighted by molar-refractivity contribution is -0.144. The van der Waals surface area contributed by atoms with Crippen LogP contribution in [0.15, 0.2) is 34.8 Å². The van der Waals surface area contributed by atoms with Gasteiger partial charge in [0.25, 0.3) is 5.91 Å². The Hall–Kier alpha value is -1.62. The van der Waals surface area contributed by atoms with Gasteiger partial charge in [0.05, 0.1) is 0 Å². The average molecular weight is 394 g/mol. The molecule has 0 unspecified atom stereocenters. The molecule has 1 saturated carbocycles. The summed E-state index contributed by atoms with van der Waals surface area (Å²) in [7, 11) is 0. The first-order valence-electron chi connectivity index (χ1n) is 8.35. The molecule has 4 nitrogen and oxygen atoms in total. The SMILES string of the molecule is C[C@@H]1[C@H](C)CCC[C@H]1NC(=O)COC(=O)/C=C/c1ccc(Br)cc1. The number of esters is 1. The molecule has 0 saturated heterocycles. The summed E-state index contributed by atoms with van der Waals surface area (Å²) in [5.74, 6) is 0.320. The Morgan fingerprint density at radius 1 is 1.25 bits per heavy atom. The molecule has 0 bridgehead atoms. The molecule has 0 spiro atoms. The lowest BCUT2D eigenvalue weighted by atomic mass is 9.78. The van der Waals surface area contributed by atoms with Gasteiger partial charge in [0.1, 0.15) is 0 Å². The Bertz CT molecular complexity index is 597. The molecule has 1 aliphatic rings. The van der Waals surface area contributed by atoms with Gasteiger partial charge >= 0.3 is 5.97 Å². The number of benzene rings is 1. The van der Waals surface area contributed by atoms with Gasteiger partial charge in [0.2, 0.25) is 0 Å². The Morgan fingerprint density at radius 2 is 1.96 bits per heavy atom. The summed E-state index contributed by atoms with van der Waals surface area (Å²) in [6.07, 6.45) is 6.34. The summed E-state index contributed by atoms with van der Waals surface area (Å²) < 4.78 is 5.98. The van der Waals surface area contributed by atoms with E-state index in [9.17, 15) is 9.59 Å². The van der Waals surface area contributed by atoms with Gasteiger partial charge < -0.3 is 10.1 Å². The molecule has 0 aliphatic heterocycles. The van der Waals surface area contributed by atoms with Crippen molar-refractivity contribution in [3.8, 4) is 0 Å². The fourth-order valence-corrected chi connectivity index (χ4v) is 3.22. The maximum Gasteiger partial charge on any atom is 0.331 e. The van der Waals surface area contributed by atoms with Gasteiger partial charge in [-0.15, -0.1) is 0 Å². The molecule has 1 fully saturated rings. The molecule has 1 amide bonds. The van der Waals surface area contributed by atoms with Gasteiger partial charge in [-0.05, 0) is 42.0 Å². The normalized spacial score (nSPS) is 23.9. The summed E-state index contributed by atoms with van der Waals surface area (Å²) in [5.41, 5.74) is 0.893. The summed E-state index contributed by atoms with van der Waals surface area (Å²) in [6.45, 7) is 4.15. The van der Waals surface area contributed by atoms with Crippen LogP contribution in [0.1, 0.15) is 38.7 Å². The minimum Gasteiger partial charge on any atom is -0.452 e. The van der Waals surface area contributed by atoms with Crippen LogP contribution >= 0.6 is 15.9 Å². The predicted octanol–water partition coefficient (Wildman–Crippen LogP) is 3.95. The number of hydrogen-bond donors (Lipinski definition) is 1. The van der Waals surface area contributed by atoms with Gasteiger partial charge in [-0.3, -0.25) is 4.79 Å². The third kappa shape index (κ3) is 5.78. The van der Waals surface area contributed by atoms with Crippen molar-refractivity contribution in [3.63, 3.8) is 0 Å². The van der Waals surface area contributed by atoms with E-state index in [-0.39, 0.29) is 18.6 Å². The van der Waals surface area contributed by atoms with Gasteiger partial charge in [0.15, 0.2) is 6.61 Å². The number of carbonyl (C=O) groups is 2. The van der Waals surface area contributed by atoms with Crippen molar-refractivity contribution in [2.75, 3.05) is 6.61 Å². The molecule has 3 atom stereocenters. The first kappa shape index (κ1) is 18.7. The van der Waals surface area contributed by atoms with E-state index in [4.69, 9.17) is 4.74 Å². The molecule has 130 valence electrons. The molecule has 2 rings (SSSR count). The van der Waals surface area contributed by atoms with Crippen molar-refractivity contribution < 1.29 is 14.3 Å². The average Bonchev–Trinajstić information content (AvgIpc) is 2.56. The molecule has 0 aromatic heterocycles. The van der Waals surface area contributed by atoms with E-state index >= 15 is 0 Å². The van der Waals surface area contributed by atoms with Crippen LogP contribution in [-0.4, -0.2) is 24.5 Å². The number of rotatable bonds is 5. The molecule has 0 heterocycles. The second kappa shape index (κ2) is 9.02. The number of hydrogen-bond acceptors (Lipinski definition) is 3. The Morgan fingerprint density at radius 3 is 2.67 bits per heavy atom. The highest BCUT2D eigenvalue weighted by Gasteiger charge is 2.28. The Labute approximate surface area is 151 Å². The second-order valence-electron chi connectivity index (χ2n) is 6.43. The minimum absolute atomic E-state index is 0.179. The Kier molecular flexibility index (Phi) is 7.03. The monoisotopic (exact) mass is 393 g/mol. The number of amides is 1. The van der Waals surface area contributed by atoms with E-state index in [1.807, 2.05) is 24.3 Å². The maximum absolute atomic E-state index is 12.0. The topological polar surface area (TPSA) is 55.4 Å². The van der Waals surface area contributed by atoms with Crippen molar-refractivity contribution in [1.82, 2.24) is 5.32 Å². The number of halogens is 1. The van der Waals surface area contributed by atoms with E-state index in [2.05, 4.69) is 35.1 Å². The lowest BCUT2D eigenvalue weighted by Crippen LogP contribution is -2.45. The van der Waals surface area contributed by atoms with Crippen molar-refractivity contribution in [2.45, 2.75) is 39.2 Å². The number of nitrogens with one attached hydrogen (secondary N) is 1. The molecular weight excluding hydrogens is 370 g/mol. The largest absolute Gasteiger partial charge is 0.452 e. The zero-order valence-electron chi connectivity index (χ0n) is 14.1. The summed E-state index contributed by atoms with van der Waals surface area (Å²) in [5, 5.41) is 2.99. The van der Waals surface area contributed by atoms with Crippen LogP contribution in [-0.2, 0) is 14.3 Å². The fourth-order valence-electron chi connectivity index (χ4n) is 2.96. The zero-order valence-corrected chi connectivity index (χ0v) is 15.7. The van der Waals surface area contributed by atoms with Gasteiger partial charge in [-0.25, -0.2) is 4.79 Å². The molecule has 1 aliphatic carbocycles. The van der Waals surface area contributed by atoms with Crippen LogP contribution in [0.25, 0.3) is 6.08 Å². The standard InChI is InChI=1S/C19H24BrNO3/c1-13-4-3-5-17(14(13)2)21-18(22)12-24-19(23)11-8-15-6-9-16(20)10-7-15/h6-11,13-14,17H,3-5,12H2,1-2H3,(H,21,22)/b11-8+/t13-,14-,17-/m1/s1. The van der Waals surface area contributed by atoms with Gasteiger partial charge in [-0.1, -0.05) is 54.8 Å². The molecule has 1 N–H and O–H groups in total. The van der Waals surface area contributed by atoms with E-state index in [0.29, 0.717) is 11.8 Å². The van der Waals surface area contributed by atoms with E-state index < -0.39 is 5.97 Å². The van der Waals surface area contributed by atoms with Crippen molar-refractivity contribution in [2.24, 2.45) is 11.8 Å². The van der Waals surface area contributed by atoms with Crippen LogP contribution in [0.3, 0.4) is 0 Å². The third-order valence-electron chi connectivity index (χ3n) is 4.68. The first-order chi connectivity index (χ1) is 11.5. The molecule has 24 heavy (non-hydrogen) atoms. The van der Waals surface area contributed by atoms with Gasteiger partial charge in [-0.2, -0.15) is 0 Å². The van der Waals surface area contributed by atoms with Crippen LogP contribution in [0, 0.1) is 11.8 Å². The molecular formula is C19H24BrNO3. The molecule has 1 aromatic carbocycles. The van der Waals surface area contributed by atoms with Gasteiger partial charge in [0, 0.05) is 16.6 Å². The molecule has 1 aromatic rings. The summed E-state index contributed by atoms with van der Waals surface area (Å²) >= 11 is 3.35. The summed E-state index contributed by atoms with van der Waals surface area (Å²) in [6, 6.07) is 7.73. The van der Waals surface area contributed by atoms with Crippen LogP contribution in [0.4, 0.5) is 0 Å². The number of carbonyl (C=O) groups excluding carboxylic acids is 2. The van der Waals surface area contributed by atoms with Crippen molar-refractivity contribution in [1.29, 1.82) is 0 Å². The highest BCUT2D eigenvalue weighted by atomic mass is 79.9. The zero-order chi connectivity index (χ0) is 17.5. The smallest absolute Gasteiger partial charge is 0.331 e. The highest BCUT2D eigenvalue weighted by Crippen LogP contribution is 2.29. The third-order valence-corrected chi connectivity index (χ3v) is 5.21. The first-order valence-corrected chi connectivity index (χ1v) is 9.15. The minimum atomic E-state index is -0.516. The van der Waals surface area contributed by atoms with E-state index in [1.54, 1.807) is 6.08 Å². The summed E-state index contributed by atoms with van der Waals surface area (Å²) in [4.78, 5) is 23.7. The maximum atomic E-state index is 12.0. The van der Waals surface area contributed by atoms with Crippen LogP contribution in [0.5, 0.6) is 0 Å². The van der Waals surface area contributed by atoms with Crippen molar-refractivity contribution in [3.05, 3.63) is 40.4 Å². The van der Waals surface area contributed by atoms with E-state index in [1.165, 1.54) is 12.5 Å². The molecule has 0 radical (unpaired) electrons. The van der Waals surface area contributed by atoms with Crippen LogP contribution in [0.2, 0.25) is 0 Å². The molecule has 5 heteroatoms. The Balaban J connectivity index is 1.74. The fraction of sp³-hybridized carbons (Fsp3) is 0.474. The second-order valence-corrected chi connectivity index (χ2v) is 7.35. The van der Waals surface area contributed by atoms with E-state index in [0.717, 1.165) is 22.9 Å². The lowest BCUT2D eigenvalue weighted by Gasteiger charge is -2.34. The predicted molar refractivity (Wildman–Crippen MR) is 98.2 cm³/mol. The van der Waals surface area contributed by atoms with Crippen molar-refractivity contribution >= 4 is 33.9 Å². The number of ether oxygens (including phenoxy) is 1. The highest BCUT2D eigenvalue weighted by molar-refractivity contribution is 9.10.